The first kappa shape index (κ1) is 15.1. The van der Waals surface area contributed by atoms with Gasteiger partial charge in [-0.2, -0.15) is 13.2 Å². The predicted molar refractivity (Wildman–Crippen MR) is 77.3 cm³/mol. The Kier molecular flexibility index (Phi) is 3.70. The smallest absolute Gasteiger partial charge is 0.378 e. The second-order valence-corrected chi connectivity index (χ2v) is 5.66. The van der Waals surface area contributed by atoms with Crippen molar-refractivity contribution < 1.29 is 18.3 Å². The predicted octanol–water partition coefficient (Wildman–Crippen LogP) is 3.39. The Balaban J connectivity index is 1.89. The number of alkyl halides is 3. The second kappa shape index (κ2) is 5.41. The van der Waals surface area contributed by atoms with E-state index in [1.165, 1.54) is 0 Å². The van der Waals surface area contributed by atoms with Gasteiger partial charge in [-0.15, -0.1) is 0 Å². The van der Waals surface area contributed by atoms with Gasteiger partial charge in [0.15, 0.2) is 5.60 Å². The Morgan fingerprint density at radius 3 is 1.64 bits per heavy atom. The summed E-state index contributed by atoms with van der Waals surface area (Å²) in [6.45, 7) is -0.824. The average molecular weight is 307 g/mol. The molecule has 22 heavy (non-hydrogen) atoms. The number of hydrogen-bond donors (Lipinski definition) is 1. The SMILES string of the molecule is OC1(C(F)(F)F)CN(C(c2ccccc2)c2ccccc2)C1. The van der Waals surface area contributed by atoms with E-state index in [9.17, 15) is 18.3 Å². The zero-order valence-electron chi connectivity index (χ0n) is 11.8. The summed E-state index contributed by atoms with van der Waals surface area (Å²) in [7, 11) is 0. The van der Waals surface area contributed by atoms with E-state index in [2.05, 4.69) is 0 Å². The molecule has 1 heterocycles. The first-order valence-electron chi connectivity index (χ1n) is 7.04. The van der Waals surface area contributed by atoms with Gasteiger partial charge in [0.1, 0.15) is 0 Å². The lowest BCUT2D eigenvalue weighted by Crippen LogP contribution is -2.69. The molecule has 0 radical (unpaired) electrons. The lowest BCUT2D eigenvalue weighted by Gasteiger charge is -2.50. The molecule has 1 fully saturated rings. The van der Waals surface area contributed by atoms with Gasteiger partial charge in [-0.3, -0.25) is 4.90 Å². The minimum absolute atomic E-state index is 0.287. The van der Waals surface area contributed by atoms with Crippen molar-refractivity contribution >= 4 is 0 Å². The van der Waals surface area contributed by atoms with Crippen LogP contribution in [0.3, 0.4) is 0 Å². The molecule has 2 nitrogen and oxygen atoms in total. The Morgan fingerprint density at radius 1 is 0.864 bits per heavy atom. The number of hydrogen-bond acceptors (Lipinski definition) is 2. The van der Waals surface area contributed by atoms with E-state index in [1.807, 2.05) is 60.7 Å². The Hall–Kier alpha value is -1.85. The molecule has 0 saturated carbocycles. The fourth-order valence-electron chi connectivity index (χ4n) is 2.87. The van der Waals surface area contributed by atoms with Crippen molar-refractivity contribution in [3.8, 4) is 0 Å². The number of likely N-dealkylation sites (tertiary alicyclic amines) is 1. The van der Waals surface area contributed by atoms with Crippen LogP contribution in [0.25, 0.3) is 0 Å². The highest BCUT2D eigenvalue weighted by molar-refractivity contribution is 5.33. The number of nitrogens with zero attached hydrogens (tertiary/aromatic N) is 1. The first-order chi connectivity index (χ1) is 10.4. The van der Waals surface area contributed by atoms with Gasteiger partial charge in [0.05, 0.1) is 6.04 Å². The van der Waals surface area contributed by atoms with Crippen molar-refractivity contribution in [3.05, 3.63) is 71.8 Å². The van der Waals surface area contributed by atoms with Crippen LogP contribution >= 0.6 is 0 Å². The van der Waals surface area contributed by atoms with Crippen molar-refractivity contribution in [3.63, 3.8) is 0 Å². The van der Waals surface area contributed by atoms with Crippen molar-refractivity contribution in [2.75, 3.05) is 13.1 Å². The van der Waals surface area contributed by atoms with Crippen LogP contribution in [-0.4, -0.2) is 34.9 Å². The minimum atomic E-state index is -4.60. The molecule has 1 saturated heterocycles. The normalized spacial score (nSPS) is 18.2. The topological polar surface area (TPSA) is 23.5 Å². The maximum absolute atomic E-state index is 12.8. The summed E-state index contributed by atoms with van der Waals surface area (Å²) in [5.41, 5.74) is -0.773. The highest BCUT2D eigenvalue weighted by Gasteiger charge is 2.62. The van der Waals surface area contributed by atoms with Crippen LogP contribution < -0.4 is 0 Å². The van der Waals surface area contributed by atoms with Gasteiger partial charge in [-0.05, 0) is 11.1 Å². The van der Waals surface area contributed by atoms with E-state index < -0.39 is 24.9 Å². The monoisotopic (exact) mass is 307 g/mol. The molecular weight excluding hydrogens is 291 g/mol. The van der Waals surface area contributed by atoms with Crippen molar-refractivity contribution in [1.82, 2.24) is 4.90 Å². The summed E-state index contributed by atoms with van der Waals surface area (Å²) >= 11 is 0. The van der Waals surface area contributed by atoms with E-state index in [0.717, 1.165) is 11.1 Å². The number of benzene rings is 2. The van der Waals surface area contributed by atoms with Crippen molar-refractivity contribution in [2.45, 2.75) is 17.8 Å². The van der Waals surface area contributed by atoms with Gasteiger partial charge in [0, 0.05) is 13.1 Å². The summed E-state index contributed by atoms with van der Waals surface area (Å²) in [5.74, 6) is 0. The van der Waals surface area contributed by atoms with Gasteiger partial charge in [0.25, 0.3) is 0 Å². The molecule has 0 amide bonds. The van der Waals surface area contributed by atoms with Crippen LogP contribution in [0, 0.1) is 0 Å². The summed E-state index contributed by atoms with van der Waals surface area (Å²) < 4.78 is 38.5. The van der Waals surface area contributed by atoms with Crippen LogP contribution in [0.15, 0.2) is 60.7 Å². The molecule has 0 unspecified atom stereocenters. The average Bonchev–Trinajstić information content (AvgIpc) is 2.47. The highest BCUT2D eigenvalue weighted by atomic mass is 19.4. The molecule has 0 aromatic heterocycles. The Bertz CT molecular complexity index is 582. The van der Waals surface area contributed by atoms with Crippen molar-refractivity contribution in [1.29, 1.82) is 0 Å². The molecule has 0 atom stereocenters. The minimum Gasteiger partial charge on any atom is -0.378 e. The zero-order valence-corrected chi connectivity index (χ0v) is 11.8. The zero-order chi connectivity index (χ0) is 15.8. The maximum Gasteiger partial charge on any atom is 0.419 e. The molecule has 2 aromatic rings. The number of β-amino-alcohol motifs (C(OH)–C–C–N with tert-alkyl or cyclic N) is 1. The van der Waals surface area contributed by atoms with Gasteiger partial charge in [-0.1, -0.05) is 60.7 Å². The van der Waals surface area contributed by atoms with Crippen LogP contribution in [0.1, 0.15) is 17.2 Å². The van der Waals surface area contributed by atoms with Gasteiger partial charge >= 0.3 is 6.18 Å². The van der Waals surface area contributed by atoms with E-state index >= 15 is 0 Å². The number of rotatable bonds is 3. The highest BCUT2D eigenvalue weighted by Crippen LogP contribution is 2.43. The quantitative estimate of drug-likeness (QED) is 0.939. The molecule has 116 valence electrons. The molecule has 0 aliphatic carbocycles. The third-order valence-electron chi connectivity index (χ3n) is 4.05. The van der Waals surface area contributed by atoms with E-state index in [0.29, 0.717) is 0 Å². The largest absolute Gasteiger partial charge is 0.419 e. The maximum atomic E-state index is 12.8. The van der Waals surface area contributed by atoms with Crippen LogP contribution in [-0.2, 0) is 0 Å². The number of aliphatic hydroxyl groups is 1. The summed E-state index contributed by atoms with van der Waals surface area (Å²) in [6, 6.07) is 18.5. The fraction of sp³-hybridized carbons (Fsp3) is 0.294. The molecule has 5 heteroatoms. The first-order valence-corrected chi connectivity index (χ1v) is 7.04. The molecule has 3 rings (SSSR count). The molecular formula is C17H16F3NO. The lowest BCUT2D eigenvalue weighted by molar-refractivity contribution is -0.304. The molecule has 1 aliphatic heterocycles. The molecule has 2 aromatic carbocycles. The molecule has 1 aliphatic rings. The lowest BCUT2D eigenvalue weighted by atomic mass is 9.87. The second-order valence-electron chi connectivity index (χ2n) is 5.66. The Morgan fingerprint density at radius 2 is 1.27 bits per heavy atom. The molecule has 0 bridgehead atoms. The summed E-state index contributed by atoms with van der Waals surface area (Å²) in [4.78, 5) is 1.65. The summed E-state index contributed by atoms with van der Waals surface area (Å²) in [5, 5.41) is 9.69. The summed E-state index contributed by atoms with van der Waals surface area (Å²) in [6.07, 6.45) is -4.60. The van der Waals surface area contributed by atoms with Crippen LogP contribution in [0.2, 0.25) is 0 Å². The fourth-order valence-corrected chi connectivity index (χ4v) is 2.87. The standard InChI is InChI=1S/C17H16F3NO/c18-17(19,20)16(22)11-21(12-16)15(13-7-3-1-4-8-13)14-9-5-2-6-10-14/h1-10,15,22H,11-12H2. The van der Waals surface area contributed by atoms with Gasteiger partial charge in [-0.25, -0.2) is 0 Å². The van der Waals surface area contributed by atoms with Crippen LogP contribution in [0.5, 0.6) is 0 Å². The van der Waals surface area contributed by atoms with Gasteiger partial charge in [0.2, 0.25) is 0 Å². The molecule has 0 spiro atoms. The van der Waals surface area contributed by atoms with E-state index in [1.54, 1.807) is 4.90 Å². The Labute approximate surface area is 126 Å². The van der Waals surface area contributed by atoms with Crippen LogP contribution in [0.4, 0.5) is 13.2 Å². The van der Waals surface area contributed by atoms with E-state index in [-0.39, 0.29) is 6.04 Å². The van der Waals surface area contributed by atoms with E-state index in [4.69, 9.17) is 0 Å². The third-order valence-corrected chi connectivity index (χ3v) is 4.05. The number of halogens is 3. The van der Waals surface area contributed by atoms with Gasteiger partial charge < -0.3 is 5.11 Å². The molecule has 1 N–H and O–H groups in total. The third kappa shape index (κ3) is 2.62. The van der Waals surface area contributed by atoms with Crippen molar-refractivity contribution in [2.24, 2.45) is 0 Å².